The molecule has 2 heterocycles. The molecule has 0 unspecified atom stereocenters. The van der Waals surface area contributed by atoms with Crippen LogP contribution in [0.3, 0.4) is 0 Å². The summed E-state index contributed by atoms with van der Waals surface area (Å²) in [5.74, 6) is 0.346. The van der Waals surface area contributed by atoms with E-state index in [0.29, 0.717) is 18.1 Å². The van der Waals surface area contributed by atoms with Crippen LogP contribution in [-0.2, 0) is 4.79 Å². The second-order valence-electron chi connectivity index (χ2n) is 6.50. The van der Waals surface area contributed by atoms with Crippen LogP contribution in [0.1, 0.15) is 29.7 Å². The summed E-state index contributed by atoms with van der Waals surface area (Å²) in [4.78, 5) is 14.8. The molecule has 0 radical (unpaired) electrons. The predicted molar refractivity (Wildman–Crippen MR) is 109 cm³/mol. The van der Waals surface area contributed by atoms with Gasteiger partial charge in [0, 0.05) is 11.4 Å². The van der Waals surface area contributed by atoms with Gasteiger partial charge in [-0.25, -0.2) is 4.79 Å². The van der Waals surface area contributed by atoms with Crippen molar-refractivity contribution < 1.29 is 19.4 Å². The van der Waals surface area contributed by atoms with Crippen LogP contribution in [0.15, 0.2) is 35.7 Å². The SMILES string of the molecule is COc1ccc(/C=C(\C(=O)O)c2cccs2)cc1OCCN1CCCCC1. The van der Waals surface area contributed by atoms with Crippen LogP contribution in [0.4, 0.5) is 0 Å². The minimum atomic E-state index is -0.944. The van der Waals surface area contributed by atoms with Crippen molar-refractivity contribution in [1.29, 1.82) is 0 Å². The molecule has 0 aliphatic carbocycles. The Hall–Kier alpha value is -2.31. The average Bonchev–Trinajstić information content (AvgIpc) is 3.21. The van der Waals surface area contributed by atoms with Crippen molar-refractivity contribution >= 4 is 29.0 Å². The number of hydrogen-bond acceptors (Lipinski definition) is 5. The molecule has 27 heavy (non-hydrogen) atoms. The largest absolute Gasteiger partial charge is 0.493 e. The first kappa shape index (κ1) is 19.5. The number of carboxylic acid groups (broad SMARTS) is 1. The van der Waals surface area contributed by atoms with Crippen LogP contribution >= 0.6 is 11.3 Å². The molecular weight excluding hydrogens is 362 g/mol. The molecule has 6 heteroatoms. The molecule has 3 rings (SSSR count). The summed E-state index contributed by atoms with van der Waals surface area (Å²) >= 11 is 1.41. The van der Waals surface area contributed by atoms with E-state index in [-0.39, 0.29) is 5.57 Å². The molecule has 1 aromatic heterocycles. The van der Waals surface area contributed by atoms with Gasteiger partial charge in [0.15, 0.2) is 11.5 Å². The first-order valence-corrected chi connectivity index (χ1v) is 10.1. The zero-order valence-corrected chi connectivity index (χ0v) is 16.3. The van der Waals surface area contributed by atoms with E-state index in [1.807, 2.05) is 35.7 Å². The second kappa shape index (κ2) is 9.58. The van der Waals surface area contributed by atoms with Crippen molar-refractivity contribution in [3.8, 4) is 11.5 Å². The molecule has 1 saturated heterocycles. The topological polar surface area (TPSA) is 59.0 Å². The van der Waals surface area contributed by atoms with Gasteiger partial charge in [0.25, 0.3) is 0 Å². The normalized spacial score (nSPS) is 15.5. The lowest BCUT2D eigenvalue weighted by atomic mass is 10.1. The van der Waals surface area contributed by atoms with Crippen molar-refractivity contribution in [3.63, 3.8) is 0 Å². The molecule has 0 amide bonds. The van der Waals surface area contributed by atoms with Crippen LogP contribution in [-0.4, -0.2) is 49.3 Å². The fraction of sp³-hybridized carbons (Fsp3) is 0.381. The molecule has 0 spiro atoms. The molecular formula is C21H25NO4S. The Morgan fingerprint density at radius 3 is 2.70 bits per heavy atom. The molecule has 1 aliphatic heterocycles. The number of likely N-dealkylation sites (tertiary alicyclic amines) is 1. The molecule has 144 valence electrons. The summed E-state index contributed by atoms with van der Waals surface area (Å²) in [7, 11) is 1.61. The molecule has 0 bridgehead atoms. The van der Waals surface area contributed by atoms with Crippen molar-refractivity contribution in [2.24, 2.45) is 0 Å². The minimum Gasteiger partial charge on any atom is -0.493 e. The Bertz CT molecular complexity index is 779. The Kier molecular flexibility index (Phi) is 6.90. The highest BCUT2D eigenvalue weighted by Gasteiger charge is 2.14. The van der Waals surface area contributed by atoms with E-state index in [9.17, 15) is 9.90 Å². The van der Waals surface area contributed by atoms with Crippen molar-refractivity contribution in [1.82, 2.24) is 4.90 Å². The van der Waals surface area contributed by atoms with Crippen LogP contribution in [0.5, 0.6) is 11.5 Å². The van der Waals surface area contributed by atoms with Gasteiger partial charge in [0.1, 0.15) is 6.61 Å². The molecule has 1 N–H and O–H groups in total. The summed E-state index contributed by atoms with van der Waals surface area (Å²) in [6, 6.07) is 9.15. The minimum absolute atomic E-state index is 0.273. The molecule has 1 fully saturated rings. The van der Waals surface area contributed by atoms with Crippen molar-refractivity contribution in [2.75, 3.05) is 33.4 Å². The van der Waals surface area contributed by atoms with Crippen molar-refractivity contribution in [3.05, 3.63) is 46.2 Å². The number of thiophene rings is 1. The fourth-order valence-electron chi connectivity index (χ4n) is 3.20. The number of rotatable bonds is 8. The Balaban J connectivity index is 1.74. The number of piperidine rings is 1. The van der Waals surface area contributed by atoms with Gasteiger partial charge in [0.05, 0.1) is 12.7 Å². The van der Waals surface area contributed by atoms with E-state index < -0.39 is 5.97 Å². The summed E-state index contributed by atoms with van der Waals surface area (Å²) < 4.78 is 11.4. The maximum Gasteiger partial charge on any atom is 0.337 e. The zero-order valence-electron chi connectivity index (χ0n) is 15.5. The highest BCUT2D eigenvalue weighted by molar-refractivity contribution is 7.11. The third-order valence-corrected chi connectivity index (χ3v) is 5.53. The third-order valence-electron chi connectivity index (χ3n) is 4.63. The van der Waals surface area contributed by atoms with Gasteiger partial charge in [-0.3, -0.25) is 4.90 Å². The predicted octanol–water partition coefficient (Wildman–Crippen LogP) is 4.25. The molecule has 5 nitrogen and oxygen atoms in total. The van der Waals surface area contributed by atoms with Crippen LogP contribution in [0.25, 0.3) is 11.6 Å². The number of carbonyl (C=O) groups is 1. The van der Waals surface area contributed by atoms with E-state index in [4.69, 9.17) is 9.47 Å². The van der Waals surface area contributed by atoms with Crippen molar-refractivity contribution in [2.45, 2.75) is 19.3 Å². The Morgan fingerprint density at radius 1 is 1.22 bits per heavy atom. The average molecular weight is 388 g/mol. The molecule has 1 aliphatic rings. The number of benzene rings is 1. The van der Waals surface area contributed by atoms with Gasteiger partial charge < -0.3 is 14.6 Å². The van der Waals surface area contributed by atoms with E-state index in [1.165, 1.54) is 30.6 Å². The Labute approximate surface area is 163 Å². The van der Waals surface area contributed by atoms with Gasteiger partial charge in [0.2, 0.25) is 0 Å². The number of aliphatic carboxylic acids is 1. The first-order chi connectivity index (χ1) is 13.2. The van der Waals surface area contributed by atoms with Gasteiger partial charge in [-0.2, -0.15) is 0 Å². The summed E-state index contributed by atoms with van der Waals surface area (Å²) in [5, 5.41) is 11.4. The summed E-state index contributed by atoms with van der Waals surface area (Å²) in [6.45, 7) is 3.73. The second-order valence-corrected chi connectivity index (χ2v) is 7.45. The van der Waals surface area contributed by atoms with Gasteiger partial charge in [-0.05, 0) is 61.1 Å². The Morgan fingerprint density at radius 2 is 2.04 bits per heavy atom. The number of carboxylic acids is 1. The number of hydrogen-bond donors (Lipinski definition) is 1. The molecule has 1 aromatic carbocycles. The molecule has 0 atom stereocenters. The standard InChI is InChI=1S/C21H25NO4S/c1-25-18-8-7-16(14-17(21(23)24)20-6-5-13-27-20)15-19(18)26-12-11-22-9-3-2-4-10-22/h5-8,13-15H,2-4,9-12H2,1H3,(H,23,24)/b17-14-. The maximum absolute atomic E-state index is 11.6. The fourth-order valence-corrected chi connectivity index (χ4v) is 3.93. The quantitative estimate of drug-likeness (QED) is 0.687. The smallest absolute Gasteiger partial charge is 0.337 e. The van der Waals surface area contributed by atoms with E-state index >= 15 is 0 Å². The summed E-state index contributed by atoms with van der Waals surface area (Å²) in [5.41, 5.74) is 1.05. The number of ether oxygens (including phenoxy) is 2. The van der Waals surface area contributed by atoms with Gasteiger partial charge >= 0.3 is 5.97 Å². The number of nitrogens with zero attached hydrogens (tertiary/aromatic N) is 1. The van der Waals surface area contributed by atoms with E-state index in [1.54, 1.807) is 13.2 Å². The lowest BCUT2D eigenvalue weighted by Crippen LogP contribution is -2.33. The van der Waals surface area contributed by atoms with Crippen LogP contribution < -0.4 is 9.47 Å². The van der Waals surface area contributed by atoms with Crippen LogP contribution in [0.2, 0.25) is 0 Å². The molecule has 2 aromatic rings. The van der Waals surface area contributed by atoms with E-state index in [0.717, 1.165) is 30.1 Å². The monoisotopic (exact) mass is 387 g/mol. The molecule has 0 saturated carbocycles. The third kappa shape index (κ3) is 5.34. The highest BCUT2D eigenvalue weighted by Crippen LogP contribution is 2.30. The lowest BCUT2D eigenvalue weighted by Gasteiger charge is -2.26. The number of methoxy groups -OCH3 is 1. The van der Waals surface area contributed by atoms with Gasteiger partial charge in [-0.15, -0.1) is 11.3 Å². The maximum atomic E-state index is 11.6. The highest BCUT2D eigenvalue weighted by atomic mass is 32.1. The summed E-state index contributed by atoms with van der Waals surface area (Å²) in [6.07, 6.45) is 5.50. The van der Waals surface area contributed by atoms with Crippen LogP contribution in [0, 0.1) is 0 Å². The lowest BCUT2D eigenvalue weighted by molar-refractivity contribution is -0.130. The van der Waals surface area contributed by atoms with E-state index in [2.05, 4.69) is 4.90 Å². The van der Waals surface area contributed by atoms with Gasteiger partial charge in [-0.1, -0.05) is 18.6 Å². The zero-order chi connectivity index (χ0) is 19.1. The first-order valence-electron chi connectivity index (χ1n) is 9.19.